The first kappa shape index (κ1) is 23.1. The number of methoxy groups -OCH3 is 2. The molecule has 3 heterocycles. The monoisotopic (exact) mass is 495 g/mol. The number of nitrogens with zero attached hydrogens (tertiary/aromatic N) is 7. The van der Waals surface area contributed by atoms with Crippen LogP contribution in [0, 0.1) is 0 Å². The van der Waals surface area contributed by atoms with Gasteiger partial charge in [0.25, 0.3) is 5.91 Å². The molecule has 0 saturated carbocycles. The molecule has 0 spiro atoms. The van der Waals surface area contributed by atoms with Crippen LogP contribution in [0.5, 0.6) is 11.5 Å². The summed E-state index contributed by atoms with van der Waals surface area (Å²) in [6.45, 7) is 3.37. The number of rotatable bonds is 6. The van der Waals surface area contributed by atoms with Crippen LogP contribution in [0.2, 0.25) is 5.02 Å². The third kappa shape index (κ3) is 4.42. The van der Waals surface area contributed by atoms with Crippen LogP contribution in [0.15, 0.2) is 42.6 Å². The zero-order valence-electron chi connectivity index (χ0n) is 19.8. The van der Waals surface area contributed by atoms with Crippen molar-refractivity contribution in [3.05, 3.63) is 59.1 Å². The Morgan fingerprint density at radius 2 is 1.74 bits per heavy atom. The average molecular weight is 496 g/mol. The first-order chi connectivity index (χ1) is 17.0. The summed E-state index contributed by atoms with van der Waals surface area (Å²) in [5.41, 5.74) is 3.34. The van der Waals surface area contributed by atoms with Gasteiger partial charge >= 0.3 is 0 Å². The van der Waals surface area contributed by atoms with Gasteiger partial charge in [-0.3, -0.25) is 9.69 Å². The molecule has 0 unspecified atom stereocenters. The number of ether oxygens (including phenoxy) is 2. The number of hydrogen-bond acceptors (Lipinski definition) is 7. The van der Waals surface area contributed by atoms with Crippen LogP contribution < -0.4 is 9.47 Å². The highest BCUT2D eigenvalue weighted by atomic mass is 35.5. The Kier molecular flexibility index (Phi) is 6.31. The Bertz CT molecular complexity index is 1350. The number of hydrogen-bond donors (Lipinski definition) is 0. The second-order valence-electron chi connectivity index (χ2n) is 8.37. The van der Waals surface area contributed by atoms with Crippen molar-refractivity contribution in [2.75, 3.05) is 40.4 Å². The smallest absolute Gasteiger partial charge is 0.289 e. The molecule has 1 amide bonds. The second-order valence-corrected chi connectivity index (χ2v) is 8.75. The lowest BCUT2D eigenvalue weighted by Gasteiger charge is -2.34. The maximum atomic E-state index is 13.1. The predicted octanol–water partition coefficient (Wildman–Crippen LogP) is 2.78. The minimum atomic E-state index is -0.0417. The van der Waals surface area contributed by atoms with Crippen molar-refractivity contribution in [3.63, 3.8) is 0 Å². The normalized spacial score (nSPS) is 14.5. The van der Waals surface area contributed by atoms with Crippen molar-refractivity contribution in [2.45, 2.75) is 6.54 Å². The number of halogens is 1. The van der Waals surface area contributed by atoms with Gasteiger partial charge in [-0.15, -0.1) is 5.10 Å². The maximum Gasteiger partial charge on any atom is 0.289 e. The van der Waals surface area contributed by atoms with Gasteiger partial charge in [0, 0.05) is 51.9 Å². The summed E-state index contributed by atoms with van der Waals surface area (Å²) in [6.07, 6.45) is 1.87. The number of aryl methyl sites for hydroxylation is 1. The van der Waals surface area contributed by atoms with E-state index in [4.69, 9.17) is 21.1 Å². The molecule has 35 heavy (non-hydrogen) atoms. The first-order valence-electron chi connectivity index (χ1n) is 11.2. The van der Waals surface area contributed by atoms with E-state index < -0.39 is 0 Å². The summed E-state index contributed by atoms with van der Waals surface area (Å²) in [5.74, 6) is 1.43. The summed E-state index contributed by atoms with van der Waals surface area (Å²) in [6, 6.07) is 11.4. The van der Waals surface area contributed by atoms with E-state index in [1.165, 1.54) is 0 Å². The van der Waals surface area contributed by atoms with E-state index in [1.807, 2.05) is 47.0 Å². The highest BCUT2D eigenvalue weighted by Crippen LogP contribution is 2.36. The number of piperazine rings is 1. The van der Waals surface area contributed by atoms with E-state index in [-0.39, 0.29) is 5.91 Å². The van der Waals surface area contributed by atoms with Crippen LogP contribution in [-0.2, 0) is 13.6 Å². The Morgan fingerprint density at radius 1 is 1.06 bits per heavy atom. The van der Waals surface area contributed by atoms with Crippen molar-refractivity contribution >= 4 is 28.5 Å². The molecule has 182 valence electrons. The standard InChI is InChI=1S/C24H26ClN7O3/c1-29-19-7-5-4-6-18(19)26-23(29)24(33)31-10-8-30(9-11-31)14-16-15-32(28-27-16)17-12-20(34-2)22(25)21(13-17)35-3/h4-7,12-13,15H,8-11,14H2,1-3H3. The van der Waals surface area contributed by atoms with Crippen molar-refractivity contribution < 1.29 is 14.3 Å². The summed E-state index contributed by atoms with van der Waals surface area (Å²) in [4.78, 5) is 21.8. The van der Waals surface area contributed by atoms with Gasteiger partial charge in [-0.2, -0.15) is 0 Å². The molecule has 1 fully saturated rings. The zero-order valence-corrected chi connectivity index (χ0v) is 20.6. The van der Waals surface area contributed by atoms with Crippen molar-refractivity contribution in [3.8, 4) is 17.2 Å². The van der Waals surface area contributed by atoms with Crippen LogP contribution in [0.3, 0.4) is 0 Å². The molecule has 0 bridgehead atoms. The molecule has 5 rings (SSSR count). The van der Waals surface area contributed by atoms with Gasteiger partial charge in [-0.05, 0) is 12.1 Å². The van der Waals surface area contributed by atoms with Crippen molar-refractivity contribution in [1.29, 1.82) is 0 Å². The van der Waals surface area contributed by atoms with E-state index in [0.717, 1.165) is 35.5 Å². The Morgan fingerprint density at radius 3 is 2.40 bits per heavy atom. The molecule has 11 heteroatoms. The maximum absolute atomic E-state index is 13.1. The molecule has 10 nitrogen and oxygen atoms in total. The van der Waals surface area contributed by atoms with Gasteiger partial charge < -0.3 is 18.9 Å². The summed E-state index contributed by atoms with van der Waals surface area (Å²) in [5, 5.41) is 8.98. The minimum Gasteiger partial charge on any atom is -0.495 e. The average Bonchev–Trinajstić information content (AvgIpc) is 3.49. The second kappa shape index (κ2) is 9.55. The van der Waals surface area contributed by atoms with Gasteiger partial charge in [0.15, 0.2) is 5.82 Å². The number of benzene rings is 2. The molecule has 4 aromatic rings. The highest BCUT2D eigenvalue weighted by molar-refractivity contribution is 6.33. The quantitative estimate of drug-likeness (QED) is 0.406. The zero-order chi connectivity index (χ0) is 24.5. The van der Waals surface area contributed by atoms with Gasteiger partial charge in [-0.1, -0.05) is 28.9 Å². The van der Waals surface area contributed by atoms with Crippen molar-refractivity contribution in [2.24, 2.45) is 7.05 Å². The fourth-order valence-electron chi connectivity index (χ4n) is 4.30. The van der Waals surface area contributed by atoms with Crippen LogP contribution >= 0.6 is 11.6 Å². The largest absolute Gasteiger partial charge is 0.495 e. The van der Waals surface area contributed by atoms with Crippen LogP contribution in [0.25, 0.3) is 16.7 Å². The van der Waals surface area contributed by atoms with Gasteiger partial charge in [0.2, 0.25) is 0 Å². The van der Waals surface area contributed by atoms with Crippen molar-refractivity contribution in [1.82, 2.24) is 34.3 Å². The highest BCUT2D eigenvalue weighted by Gasteiger charge is 2.26. The molecular weight excluding hydrogens is 470 g/mol. The lowest BCUT2D eigenvalue weighted by Crippen LogP contribution is -2.48. The molecule has 2 aromatic heterocycles. The number of carbonyl (C=O) groups excluding carboxylic acids is 1. The van der Waals surface area contributed by atoms with E-state index in [2.05, 4.69) is 20.2 Å². The number of para-hydroxylation sites is 2. The SMILES string of the molecule is COc1cc(-n2cc(CN3CCN(C(=O)c4nc5ccccc5n4C)CC3)nn2)cc(OC)c1Cl. The predicted molar refractivity (Wildman–Crippen MR) is 131 cm³/mol. The van der Waals surface area contributed by atoms with E-state index >= 15 is 0 Å². The van der Waals surface area contributed by atoms with E-state index in [9.17, 15) is 4.79 Å². The Balaban J connectivity index is 1.23. The molecule has 0 N–H and O–H groups in total. The molecule has 0 aliphatic carbocycles. The summed E-state index contributed by atoms with van der Waals surface area (Å²) >= 11 is 6.27. The number of fused-ring (bicyclic) bond motifs is 1. The molecule has 0 radical (unpaired) electrons. The van der Waals surface area contributed by atoms with Crippen LogP contribution in [0.4, 0.5) is 0 Å². The molecule has 1 aliphatic heterocycles. The third-order valence-corrected chi connectivity index (χ3v) is 6.63. The summed E-state index contributed by atoms with van der Waals surface area (Å²) < 4.78 is 14.2. The summed E-state index contributed by atoms with van der Waals surface area (Å²) in [7, 11) is 4.99. The first-order valence-corrected chi connectivity index (χ1v) is 11.6. The number of imidazole rings is 1. The Labute approximate surface area is 207 Å². The van der Waals surface area contributed by atoms with Gasteiger partial charge in [-0.25, -0.2) is 9.67 Å². The molecular formula is C24H26ClN7O3. The minimum absolute atomic E-state index is 0.0417. The third-order valence-electron chi connectivity index (χ3n) is 6.26. The number of carbonyl (C=O) groups is 1. The van der Waals surface area contributed by atoms with Gasteiger partial charge in [0.05, 0.1) is 42.8 Å². The van der Waals surface area contributed by atoms with Crippen LogP contribution in [-0.4, -0.2) is 80.7 Å². The lowest BCUT2D eigenvalue weighted by atomic mass is 10.2. The lowest BCUT2D eigenvalue weighted by molar-refractivity contribution is 0.0612. The number of amides is 1. The molecule has 2 aromatic carbocycles. The van der Waals surface area contributed by atoms with Gasteiger partial charge in [0.1, 0.15) is 16.5 Å². The van der Waals surface area contributed by atoms with E-state index in [0.29, 0.717) is 42.0 Å². The Hall–Kier alpha value is -3.63. The molecule has 0 atom stereocenters. The van der Waals surface area contributed by atoms with Crippen LogP contribution in [0.1, 0.15) is 16.3 Å². The topological polar surface area (TPSA) is 90.5 Å². The fourth-order valence-corrected chi connectivity index (χ4v) is 4.56. The fraction of sp³-hybridized carbons (Fsp3) is 0.333. The molecule has 1 aliphatic rings. The molecule has 1 saturated heterocycles. The number of aromatic nitrogens is 5. The van der Waals surface area contributed by atoms with E-state index in [1.54, 1.807) is 31.0 Å².